The van der Waals surface area contributed by atoms with Crippen LogP contribution in [0.25, 0.3) is 21.7 Å². The number of nitrogens with zero attached hydrogens (tertiary/aromatic N) is 3. The van der Waals surface area contributed by atoms with Gasteiger partial charge in [0.2, 0.25) is 0 Å². The fourth-order valence-electron chi connectivity index (χ4n) is 3.32. The first kappa shape index (κ1) is 16.7. The van der Waals surface area contributed by atoms with Gasteiger partial charge in [-0.3, -0.25) is 14.9 Å². The number of H-pyrrole nitrogens is 1. The van der Waals surface area contributed by atoms with Crippen LogP contribution in [0.4, 0.5) is 11.4 Å². The lowest BCUT2D eigenvalue weighted by Crippen LogP contribution is -2.18. The van der Waals surface area contributed by atoms with Crippen LogP contribution < -0.4 is 10.5 Å². The Bertz CT molecular complexity index is 1230. The molecular weight excluding hydrogens is 344 g/mol. The number of anilines is 1. The molecule has 0 fully saturated rings. The summed E-state index contributed by atoms with van der Waals surface area (Å²) in [6.45, 7) is 0.483. The lowest BCUT2D eigenvalue weighted by atomic mass is 10.0. The molecule has 1 N–H and O–H groups in total. The van der Waals surface area contributed by atoms with Gasteiger partial charge in [-0.1, -0.05) is 42.5 Å². The van der Waals surface area contributed by atoms with E-state index in [1.807, 2.05) is 47.4 Å². The Balaban J connectivity index is 1.82. The molecule has 134 valence electrons. The van der Waals surface area contributed by atoms with Gasteiger partial charge in [-0.15, -0.1) is 0 Å². The maximum Gasteiger partial charge on any atom is 0.293 e. The molecule has 0 unspecified atom stereocenters. The second-order valence-corrected chi connectivity index (χ2v) is 6.34. The molecule has 0 aliphatic carbocycles. The number of benzene rings is 3. The summed E-state index contributed by atoms with van der Waals surface area (Å²) >= 11 is 0. The minimum Gasteiger partial charge on any atom is -0.365 e. The molecule has 0 atom stereocenters. The number of hydrogen-bond acceptors (Lipinski definition) is 5. The van der Waals surface area contributed by atoms with Crippen molar-refractivity contribution in [2.75, 3.05) is 11.9 Å². The Morgan fingerprint density at radius 3 is 2.70 bits per heavy atom. The van der Waals surface area contributed by atoms with Crippen molar-refractivity contribution in [2.45, 2.75) is 6.54 Å². The summed E-state index contributed by atoms with van der Waals surface area (Å²) in [7, 11) is 1.79. The molecule has 7 heteroatoms. The molecular formula is C20H16N4O3. The van der Waals surface area contributed by atoms with Gasteiger partial charge < -0.3 is 9.88 Å². The van der Waals surface area contributed by atoms with Gasteiger partial charge in [0.1, 0.15) is 5.69 Å². The summed E-state index contributed by atoms with van der Waals surface area (Å²) in [5, 5.41) is 14.0. The average molecular weight is 360 g/mol. The summed E-state index contributed by atoms with van der Waals surface area (Å²) in [4.78, 5) is 31.5. The Kier molecular flexibility index (Phi) is 4.04. The molecule has 4 aromatic rings. The highest BCUT2D eigenvalue weighted by Crippen LogP contribution is 2.32. The third kappa shape index (κ3) is 2.99. The van der Waals surface area contributed by atoms with E-state index < -0.39 is 10.5 Å². The molecule has 0 aliphatic rings. The number of aromatic amines is 1. The first-order valence-electron chi connectivity index (χ1n) is 8.38. The molecule has 4 rings (SSSR count). The summed E-state index contributed by atoms with van der Waals surface area (Å²) in [6.07, 6.45) is 1.30. The van der Waals surface area contributed by atoms with Gasteiger partial charge in [-0.2, -0.15) is 0 Å². The number of fused-ring (bicyclic) bond motifs is 2. The van der Waals surface area contributed by atoms with Crippen molar-refractivity contribution >= 4 is 33.1 Å². The smallest absolute Gasteiger partial charge is 0.293 e. The Morgan fingerprint density at radius 1 is 1.11 bits per heavy atom. The quantitative estimate of drug-likeness (QED) is 0.443. The van der Waals surface area contributed by atoms with Crippen molar-refractivity contribution in [1.29, 1.82) is 0 Å². The fourth-order valence-corrected chi connectivity index (χ4v) is 3.32. The lowest BCUT2D eigenvalue weighted by molar-refractivity contribution is -0.384. The Morgan fingerprint density at radius 2 is 1.89 bits per heavy atom. The van der Waals surface area contributed by atoms with Crippen molar-refractivity contribution in [2.24, 2.45) is 0 Å². The maximum absolute atomic E-state index is 11.9. The number of nitro benzene ring substituents is 1. The minimum absolute atomic E-state index is 0.122. The van der Waals surface area contributed by atoms with Crippen LogP contribution in [0.5, 0.6) is 0 Å². The molecule has 27 heavy (non-hydrogen) atoms. The second kappa shape index (κ2) is 6.53. The van der Waals surface area contributed by atoms with Gasteiger partial charge in [0.15, 0.2) is 0 Å². The highest BCUT2D eigenvalue weighted by atomic mass is 16.6. The minimum atomic E-state index is -0.471. The number of rotatable bonds is 4. The average Bonchev–Trinajstić information content (AvgIpc) is 2.67. The van der Waals surface area contributed by atoms with Crippen LogP contribution in [0.2, 0.25) is 0 Å². The Labute approximate surface area is 154 Å². The predicted molar refractivity (Wildman–Crippen MR) is 105 cm³/mol. The van der Waals surface area contributed by atoms with Gasteiger partial charge in [-0.05, 0) is 22.4 Å². The number of hydrogen-bond donors (Lipinski definition) is 1. The topological polar surface area (TPSA) is 92.1 Å². The van der Waals surface area contributed by atoms with Crippen LogP contribution in [0.15, 0.2) is 65.7 Å². The first-order valence-corrected chi connectivity index (χ1v) is 8.38. The largest absolute Gasteiger partial charge is 0.365 e. The highest BCUT2D eigenvalue weighted by Gasteiger charge is 2.20. The summed E-state index contributed by atoms with van der Waals surface area (Å²) in [6, 6.07) is 16.9. The van der Waals surface area contributed by atoms with Crippen molar-refractivity contribution in [3.8, 4) is 0 Å². The van der Waals surface area contributed by atoms with Crippen molar-refractivity contribution in [3.05, 3.63) is 87.0 Å². The Hall–Kier alpha value is -3.74. The van der Waals surface area contributed by atoms with E-state index in [-0.39, 0.29) is 11.1 Å². The van der Waals surface area contributed by atoms with E-state index >= 15 is 0 Å². The van der Waals surface area contributed by atoms with E-state index in [1.165, 1.54) is 12.4 Å². The fraction of sp³-hybridized carbons (Fsp3) is 0.100. The predicted octanol–water partition coefficient (Wildman–Crippen LogP) is 3.62. The lowest BCUT2D eigenvalue weighted by Gasteiger charge is -2.20. The van der Waals surface area contributed by atoms with E-state index in [9.17, 15) is 14.9 Å². The van der Waals surface area contributed by atoms with Crippen LogP contribution in [0.1, 0.15) is 5.56 Å². The SMILES string of the molecule is CN(Cc1cccc2ccccc12)c1cc2nc[nH]c(=O)c2cc1[N+](=O)[O-]. The molecule has 1 heterocycles. The molecule has 0 radical (unpaired) electrons. The van der Waals surface area contributed by atoms with E-state index in [0.717, 1.165) is 16.3 Å². The van der Waals surface area contributed by atoms with Crippen molar-refractivity contribution in [1.82, 2.24) is 9.97 Å². The van der Waals surface area contributed by atoms with Gasteiger partial charge >= 0.3 is 0 Å². The standard InChI is InChI=1S/C20H16N4O3/c1-23(11-14-7-4-6-13-5-2-3-8-15(13)14)18-10-17-16(9-19(18)24(26)27)20(25)22-12-21-17/h2-10,12H,11H2,1H3,(H,21,22,25). The number of aromatic nitrogens is 2. The molecule has 0 bridgehead atoms. The summed E-state index contributed by atoms with van der Waals surface area (Å²) in [5.41, 5.74) is 1.38. The normalized spacial score (nSPS) is 11.0. The van der Waals surface area contributed by atoms with Crippen molar-refractivity contribution in [3.63, 3.8) is 0 Å². The van der Waals surface area contributed by atoms with Crippen LogP contribution in [0.3, 0.4) is 0 Å². The molecule has 0 saturated carbocycles. The van der Waals surface area contributed by atoms with Gasteiger partial charge in [0.05, 0.1) is 22.2 Å². The van der Waals surface area contributed by atoms with Crippen LogP contribution in [-0.2, 0) is 6.54 Å². The zero-order valence-corrected chi connectivity index (χ0v) is 14.5. The molecule has 0 amide bonds. The number of nitrogens with one attached hydrogen (secondary N) is 1. The van der Waals surface area contributed by atoms with E-state index in [0.29, 0.717) is 17.7 Å². The van der Waals surface area contributed by atoms with Gasteiger partial charge in [-0.25, -0.2) is 4.98 Å². The molecule has 0 spiro atoms. The first-order chi connectivity index (χ1) is 13.0. The second-order valence-electron chi connectivity index (χ2n) is 6.34. The zero-order valence-electron chi connectivity index (χ0n) is 14.5. The van der Waals surface area contributed by atoms with E-state index in [1.54, 1.807) is 13.1 Å². The van der Waals surface area contributed by atoms with Gasteiger partial charge in [0, 0.05) is 19.7 Å². The van der Waals surface area contributed by atoms with Crippen molar-refractivity contribution < 1.29 is 4.92 Å². The molecule has 0 saturated heterocycles. The number of nitro groups is 1. The molecule has 3 aromatic carbocycles. The van der Waals surface area contributed by atoms with Crippen LogP contribution in [-0.4, -0.2) is 21.9 Å². The maximum atomic E-state index is 11.9. The monoisotopic (exact) mass is 360 g/mol. The third-order valence-electron chi connectivity index (χ3n) is 4.63. The highest BCUT2D eigenvalue weighted by molar-refractivity contribution is 5.88. The van der Waals surface area contributed by atoms with Gasteiger partial charge in [0.25, 0.3) is 11.2 Å². The summed E-state index contributed by atoms with van der Waals surface area (Å²) in [5.74, 6) is 0. The zero-order chi connectivity index (χ0) is 19.0. The van der Waals surface area contributed by atoms with Crippen LogP contribution >= 0.6 is 0 Å². The van der Waals surface area contributed by atoms with Crippen LogP contribution in [0, 0.1) is 10.1 Å². The molecule has 1 aromatic heterocycles. The summed E-state index contributed by atoms with van der Waals surface area (Å²) < 4.78 is 0. The third-order valence-corrected chi connectivity index (χ3v) is 4.63. The van der Waals surface area contributed by atoms with E-state index in [2.05, 4.69) is 9.97 Å². The molecule has 0 aliphatic heterocycles. The van der Waals surface area contributed by atoms with E-state index in [4.69, 9.17) is 0 Å². The molecule has 7 nitrogen and oxygen atoms in total.